The third-order valence-corrected chi connectivity index (χ3v) is 10.2. The Balaban J connectivity index is 3.54. The molecule has 0 aliphatic heterocycles. The van der Waals surface area contributed by atoms with Crippen LogP contribution >= 0.6 is 67.8 Å². The van der Waals surface area contributed by atoms with Crippen molar-refractivity contribution in [2.45, 2.75) is 32.7 Å². The van der Waals surface area contributed by atoms with Gasteiger partial charge in [-0.05, 0) is 51.3 Å². The van der Waals surface area contributed by atoms with Gasteiger partial charge in [0.05, 0.1) is 54.2 Å². The number of aliphatic hydroxyl groups is 6. The van der Waals surface area contributed by atoms with E-state index in [-0.39, 0.29) is 34.4 Å². The van der Waals surface area contributed by atoms with Gasteiger partial charge in [-0.2, -0.15) is 0 Å². The van der Waals surface area contributed by atoms with Crippen molar-refractivity contribution >= 4 is 85.5 Å². The second-order valence-electron chi connectivity index (χ2n) is 7.43. The molecular formula is C19H28I3N3O9. The quantitative estimate of drug-likeness (QED) is 0.0606. The molecule has 15 heteroatoms. The molecule has 0 aromatic carbocycles. The highest BCUT2D eigenvalue weighted by molar-refractivity contribution is 14.1. The number of carbonyl (C=O) groups is 3. The first-order valence-electron chi connectivity index (χ1n) is 10.0. The molecule has 1 aliphatic rings. The van der Waals surface area contributed by atoms with Crippen LogP contribution in [0, 0.1) is 0 Å². The fraction of sp³-hybridized carbons (Fsp3) is 0.632. The molecule has 0 aromatic heterocycles. The zero-order chi connectivity index (χ0) is 26.2. The lowest BCUT2D eigenvalue weighted by molar-refractivity contribution is -0.133. The lowest BCUT2D eigenvalue weighted by Gasteiger charge is -2.44. The van der Waals surface area contributed by atoms with Crippen molar-refractivity contribution in [1.29, 1.82) is 0 Å². The molecule has 194 valence electrons. The average molecular weight is 823 g/mol. The molecule has 0 aromatic rings. The number of amides is 3. The fourth-order valence-electron chi connectivity index (χ4n) is 2.91. The monoisotopic (exact) mass is 823 g/mol. The number of rotatable bonds is 12. The lowest BCUT2D eigenvalue weighted by atomic mass is 9.92. The zero-order valence-electron chi connectivity index (χ0n) is 18.1. The van der Waals surface area contributed by atoms with E-state index in [1.165, 1.54) is 17.9 Å². The summed E-state index contributed by atoms with van der Waals surface area (Å²) in [4.78, 5) is 39.8. The number of carbonyl (C=O) groups excluding carboxylic acids is 3. The Bertz CT molecular complexity index is 826. The highest BCUT2D eigenvalue weighted by Crippen LogP contribution is 2.47. The van der Waals surface area contributed by atoms with Crippen LogP contribution < -0.4 is 10.6 Å². The zero-order valence-corrected chi connectivity index (χ0v) is 24.6. The Hall–Kier alpha value is -0.160. The van der Waals surface area contributed by atoms with Gasteiger partial charge in [-0.25, -0.2) is 0 Å². The third-order valence-electron chi connectivity index (χ3n) is 4.73. The maximum Gasteiger partial charge on any atom is 0.252 e. The number of alkyl halides is 2. The summed E-state index contributed by atoms with van der Waals surface area (Å²) < 4.78 is -1.82. The number of halogens is 3. The van der Waals surface area contributed by atoms with Gasteiger partial charge in [0.25, 0.3) is 5.91 Å². The number of hydrogen-bond acceptors (Lipinski definition) is 9. The van der Waals surface area contributed by atoms with E-state index >= 15 is 0 Å². The van der Waals surface area contributed by atoms with Crippen molar-refractivity contribution in [2.75, 3.05) is 39.5 Å². The topological polar surface area (TPSA) is 200 Å². The highest BCUT2D eigenvalue weighted by atomic mass is 127. The van der Waals surface area contributed by atoms with E-state index in [1.54, 1.807) is 0 Å². The Morgan fingerprint density at radius 3 is 1.91 bits per heavy atom. The van der Waals surface area contributed by atoms with Crippen LogP contribution in [-0.4, -0.2) is 118 Å². The van der Waals surface area contributed by atoms with E-state index in [1.807, 2.05) is 67.8 Å². The molecule has 0 saturated carbocycles. The number of nitrogens with zero attached hydrogens (tertiary/aromatic N) is 1. The van der Waals surface area contributed by atoms with Gasteiger partial charge in [-0.3, -0.25) is 14.4 Å². The molecule has 0 fully saturated rings. The molecule has 0 spiro atoms. The molecular weight excluding hydrogens is 795 g/mol. The van der Waals surface area contributed by atoms with Gasteiger partial charge in [0, 0.05) is 29.2 Å². The van der Waals surface area contributed by atoms with Gasteiger partial charge < -0.3 is 46.2 Å². The van der Waals surface area contributed by atoms with Gasteiger partial charge in [-0.15, -0.1) is 0 Å². The van der Waals surface area contributed by atoms with Gasteiger partial charge in [-0.1, -0.05) is 22.6 Å². The largest absolute Gasteiger partial charge is 0.394 e. The molecule has 1 rings (SSSR count). The summed E-state index contributed by atoms with van der Waals surface area (Å²) in [6.45, 7) is -1.31. The summed E-state index contributed by atoms with van der Waals surface area (Å²) in [5, 5.41) is 61.5. The maximum atomic E-state index is 13.1. The summed E-state index contributed by atoms with van der Waals surface area (Å²) in [5.74, 6) is -1.80. The Morgan fingerprint density at radius 1 is 1.00 bits per heavy atom. The summed E-state index contributed by atoms with van der Waals surface area (Å²) in [6, 6.07) is 0. The van der Waals surface area contributed by atoms with Gasteiger partial charge in [0.2, 0.25) is 11.8 Å². The molecule has 3 amide bonds. The number of nitrogens with one attached hydrogen (secondary N) is 2. The van der Waals surface area contributed by atoms with E-state index in [2.05, 4.69) is 10.6 Å². The smallest absolute Gasteiger partial charge is 0.252 e. The predicted octanol–water partition coefficient (Wildman–Crippen LogP) is -2.31. The standard InChI is InChI=1S/C19H28I3N3O9/c1-9(29)25(5-12(32)8-28)19(22)2-13(17(33)23-3-10(30)6-26)15(20)14(16(19)21)18(34)24-4-11(31)7-27/h2,10-12,16,26-28,30-32H,3-8H2,1H3,(H,23,33)(H,24,34). The fourth-order valence-corrected chi connectivity index (χ4v) is 6.73. The SMILES string of the molecule is CC(=O)N(CC(O)CO)C1(I)C=C(C(=O)NCC(O)CO)C(I)=C(C(=O)NCC(O)CO)C1I. The molecule has 34 heavy (non-hydrogen) atoms. The molecule has 0 heterocycles. The Kier molecular flexibility index (Phi) is 13.6. The van der Waals surface area contributed by atoms with E-state index in [0.29, 0.717) is 0 Å². The van der Waals surface area contributed by atoms with E-state index in [9.17, 15) is 34.8 Å². The number of hydrogen-bond donors (Lipinski definition) is 8. The molecule has 0 radical (unpaired) electrons. The summed E-state index contributed by atoms with van der Waals surface area (Å²) in [5.41, 5.74) is 0.131. The minimum Gasteiger partial charge on any atom is -0.394 e. The first kappa shape index (κ1) is 31.9. The first-order chi connectivity index (χ1) is 15.8. The first-order valence-corrected chi connectivity index (χ1v) is 13.4. The second kappa shape index (κ2) is 14.5. The van der Waals surface area contributed by atoms with Crippen molar-refractivity contribution in [3.05, 3.63) is 20.8 Å². The maximum absolute atomic E-state index is 13.1. The van der Waals surface area contributed by atoms with E-state index in [4.69, 9.17) is 10.2 Å². The van der Waals surface area contributed by atoms with Crippen molar-refractivity contribution in [3.63, 3.8) is 0 Å². The van der Waals surface area contributed by atoms with Crippen LogP contribution in [-0.2, 0) is 14.4 Å². The van der Waals surface area contributed by atoms with E-state index in [0.717, 1.165) is 0 Å². The third kappa shape index (κ3) is 8.18. The summed E-state index contributed by atoms with van der Waals surface area (Å²) >= 11 is 5.66. The van der Waals surface area contributed by atoms with Crippen LogP contribution in [0.2, 0.25) is 0 Å². The Labute approximate surface area is 237 Å². The average Bonchev–Trinajstić information content (AvgIpc) is 2.80. The van der Waals surface area contributed by atoms with Crippen LogP contribution in [0.1, 0.15) is 6.92 Å². The van der Waals surface area contributed by atoms with Crippen molar-refractivity contribution < 1.29 is 45.0 Å². The number of aliphatic hydroxyl groups excluding tert-OH is 6. The predicted molar refractivity (Wildman–Crippen MR) is 146 cm³/mol. The summed E-state index contributed by atoms with van der Waals surface area (Å²) in [7, 11) is 0. The molecule has 5 unspecified atom stereocenters. The van der Waals surface area contributed by atoms with Crippen LogP contribution in [0.5, 0.6) is 0 Å². The van der Waals surface area contributed by atoms with Gasteiger partial charge >= 0.3 is 0 Å². The van der Waals surface area contributed by atoms with Crippen molar-refractivity contribution in [1.82, 2.24) is 15.5 Å². The van der Waals surface area contributed by atoms with E-state index < -0.39 is 63.3 Å². The minimum atomic E-state index is -1.33. The minimum absolute atomic E-state index is 0.0191. The second-order valence-corrected chi connectivity index (χ2v) is 11.5. The van der Waals surface area contributed by atoms with Crippen LogP contribution in [0.25, 0.3) is 0 Å². The van der Waals surface area contributed by atoms with Crippen LogP contribution in [0.4, 0.5) is 0 Å². The van der Waals surface area contributed by atoms with Crippen LogP contribution in [0.15, 0.2) is 20.8 Å². The highest BCUT2D eigenvalue weighted by Gasteiger charge is 2.49. The lowest BCUT2D eigenvalue weighted by Crippen LogP contribution is -2.57. The molecule has 5 atom stereocenters. The normalized spacial score (nSPS) is 23.0. The molecule has 12 nitrogen and oxygen atoms in total. The van der Waals surface area contributed by atoms with Gasteiger partial charge in [0.15, 0.2) is 0 Å². The van der Waals surface area contributed by atoms with Crippen molar-refractivity contribution in [3.8, 4) is 0 Å². The van der Waals surface area contributed by atoms with Gasteiger partial charge in [0.1, 0.15) is 3.55 Å². The molecule has 1 aliphatic carbocycles. The van der Waals surface area contributed by atoms with Crippen LogP contribution in [0.3, 0.4) is 0 Å². The molecule has 0 bridgehead atoms. The summed E-state index contributed by atoms with van der Waals surface area (Å²) in [6.07, 6.45) is -2.20. The Morgan fingerprint density at radius 2 is 1.47 bits per heavy atom. The van der Waals surface area contributed by atoms with Crippen molar-refractivity contribution in [2.24, 2.45) is 0 Å². The molecule has 0 saturated heterocycles. The molecule has 8 N–H and O–H groups in total.